The minimum absolute atomic E-state index is 0.359. The SMILES string of the molecule is O=c1ccc2ccc(OCC=S)cc2o1. The van der Waals surface area contributed by atoms with E-state index < -0.39 is 0 Å². The molecule has 0 aliphatic rings. The Balaban J connectivity index is 2.44. The lowest BCUT2D eigenvalue weighted by atomic mass is 10.2. The smallest absolute Gasteiger partial charge is 0.336 e. The fraction of sp³-hybridized carbons (Fsp3) is 0.0909. The second kappa shape index (κ2) is 4.23. The molecule has 15 heavy (non-hydrogen) atoms. The lowest BCUT2D eigenvalue weighted by molar-refractivity contribution is 0.382. The third-order valence-electron chi connectivity index (χ3n) is 1.91. The van der Waals surface area contributed by atoms with Crippen molar-refractivity contribution in [2.75, 3.05) is 6.61 Å². The Morgan fingerprint density at radius 3 is 2.93 bits per heavy atom. The molecular weight excluding hydrogens is 212 g/mol. The van der Waals surface area contributed by atoms with E-state index in [9.17, 15) is 4.79 Å². The highest BCUT2D eigenvalue weighted by atomic mass is 32.1. The Labute approximate surface area is 91.3 Å². The number of fused-ring (bicyclic) bond motifs is 1. The Morgan fingerprint density at radius 1 is 1.33 bits per heavy atom. The first-order valence-electron chi connectivity index (χ1n) is 4.40. The average molecular weight is 220 g/mol. The Morgan fingerprint density at radius 2 is 2.13 bits per heavy atom. The molecule has 0 spiro atoms. The van der Waals surface area contributed by atoms with Gasteiger partial charge in [0.25, 0.3) is 0 Å². The van der Waals surface area contributed by atoms with Gasteiger partial charge in [0.15, 0.2) is 0 Å². The van der Waals surface area contributed by atoms with Gasteiger partial charge in [0.2, 0.25) is 0 Å². The molecular formula is C11H8O3S. The normalized spacial score (nSPS) is 10.1. The molecule has 0 fully saturated rings. The van der Waals surface area contributed by atoms with E-state index in [2.05, 4.69) is 12.2 Å². The van der Waals surface area contributed by atoms with Crippen molar-refractivity contribution < 1.29 is 9.15 Å². The molecule has 0 bridgehead atoms. The summed E-state index contributed by atoms with van der Waals surface area (Å²) in [5.74, 6) is 0.637. The van der Waals surface area contributed by atoms with Crippen LogP contribution in [-0.2, 0) is 0 Å². The molecule has 4 heteroatoms. The summed E-state index contributed by atoms with van der Waals surface area (Å²) in [6.07, 6.45) is 0. The number of ether oxygens (including phenoxy) is 1. The highest BCUT2D eigenvalue weighted by Gasteiger charge is 1.99. The van der Waals surface area contributed by atoms with Crippen LogP contribution in [-0.4, -0.2) is 12.0 Å². The first-order chi connectivity index (χ1) is 7.29. The van der Waals surface area contributed by atoms with E-state index in [0.29, 0.717) is 17.9 Å². The van der Waals surface area contributed by atoms with Crippen molar-refractivity contribution in [3.05, 3.63) is 40.8 Å². The average Bonchev–Trinajstić information content (AvgIpc) is 2.25. The van der Waals surface area contributed by atoms with E-state index in [4.69, 9.17) is 9.15 Å². The third-order valence-corrected chi connectivity index (χ3v) is 2.05. The van der Waals surface area contributed by atoms with Gasteiger partial charge in [-0.1, -0.05) is 12.2 Å². The maximum Gasteiger partial charge on any atom is 0.336 e. The summed E-state index contributed by atoms with van der Waals surface area (Å²) in [6, 6.07) is 8.41. The lowest BCUT2D eigenvalue weighted by Gasteiger charge is -2.02. The molecule has 0 atom stereocenters. The first-order valence-corrected chi connectivity index (χ1v) is 4.87. The predicted octanol–water partition coefficient (Wildman–Crippen LogP) is 2.17. The van der Waals surface area contributed by atoms with Gasteiger partial charge in [0.1, 0.15) is 17.9 Å². The van der Waals surface area contributed by atoms with E-state index in [1.54, 1.807) is 18.2 Å². The van der Waals surface area contributed by atoms with Crippen molar-refractivity contribution in [1.82, 2.24) is 0 Å². The van der Waals surface area contributed by atoms with Crippen molar-refractivity contribution in [3.63, 3.8) is 0 Å². The third kappa shape index (κ3) is 2.22. The Hall–Kier alpha value is -1.68. The molecule has 1 aromatic carbocycles. The van der Waals surface area contributed by atoms with Crippen molar-refractivity contribution in [2.24, 2.45) is 0 Å². The van der Waals surface area contributed by atoms with Crippen LogP contribution in [0.5, 0.6) is 5.75 Å². The fourth-order valence-electron chi connectivity index (χ4n) is 1.26. The highest BCUT2D eigenvalue weighted by molar-refractivity contribution is 7.79. The lowest BCUT2D eigenvalue weighted by Crippen LogP contribution is -1.97. The second-order valence-corrected chi connectivity index (χ2v) is 3.27. The van der Waals surface area contributed by atoms with Crippen LogP contribution in [0.25, 0.3) is 11.0 Å². The van der Waals surface area contributed by atoms with Gasteiger partial charge in [-0.2, -0.15) is 0 Å². The van der Waals surface area contributed by atoms with Crippen LogP contribution in [0.1, 0.15) is 0 Å². The summed E-state index contributed by atoms with van der Waals surface area (Å²) in [5.41, 5.74) is 0.152. The van der Waals surface area contributed by atoms with Gasteiger partial charge in [-0.15, -0.1) is 0 Å². The summed E-state index contributed by atoms with van der Waals surface area (Å²) < 4.78 is 10.3. The minimum Gasteiger partial charge on any atom is -0.489 e. The van der Waals surface area contributed by atoms with Gasteiger partial charge < -0.3 is 9.15 Å². The molecule has 2 rings (SSSR count). The van der Waals surface area contributed by atoms with Crippen molar-refractivity contribution in [1.29, 1.82) is 0 Å². The van der Waals surface area contributed by atoms with Crippen LogP contribution < -0.4 is 10.4 Å². The zero-order valence-corrected chi connectivity index (χ0v) is 8.62. The van der Waals surface area contributed by atoms with Gasteiger partial charge in [-0.3, -0.25) is 0 Å². The summed E-state index contributed by atoms with van der Waals surface area (Å²) in [7, 11) is 0. The molecule has 2 aromatic rings. The Kier molecular flexibility index (Phi) is 2.78. The molecule has 76 valence electrons. The molecule has 0 saturated heterocycles. The van der Waals surface area contributed by atoms with Crippen molar-refractivity contribution >= 4 is 28.6 Å². The van der Waals surface area contributed by atoms with Gasteiger partial charge in [-0.05, 0) is 18.2 Å². The number of hydrogen-bond donors (Lipinski definition) is 0. The van der Waals surface area contributed by atoms with Gasteiger partial charge >= 0.3 is 5.63 Å². The van der Waals surface area contributed by atoms with E-state index in [0.717, 1.165) is 5.39 Å². The maximum atomic E-state index is 11.0. The van der Waals surface area contributed by atoms with Crippen LogP contribution in [0.15, 0.2) is 39.5 Å². The number of rotatable bonds is 3. The van der Waals surface area contributed by atoms with E-state index in [1.165, 1.54) is 11.4 Å². The monoisotopic (exact) mass is 220 g/mol. The molecule has 1 aromatic heterocycles. The molecule has 1 heterocycles. The van der Waals surface area contributed by atoms with Gasteiger partial charge in [0.05, 0.1) is 0 Å². The first kappa shape index (κ1) is 9.86. The summed E-state index contributed by atoms with van der Waals surface area (Å²) in [4.78, 5) is 11.0. The summed E-state index contributed by atoms with van der Waals surface area (Å²) in [6.45, 7) is 0.359. The summed E-state index contributed by atoms with van der Waals surface area (Å²) >= 11 is 4.64. The quantitative estimate of drug-likeness (QED) is 0.587. The van der Waals surface area contributed by atoms with Crippen LogP contribution in [0.4, 0.5) is 0 Å². The zero-order valence-electron chi connectivity index (χ0n) is 7.80. The largest absolute Gasteiger partial charge is 0.489 e. The second-order valence-electron chi connectivity index (χ2n) is 2.93. The summed E-state index contributed by atoms with van der Waals surface area (Å²) in [5, 5.41) is 2.36. The van der Waals surface area contributed by atoms with Crippen LogP contribution >= 0.6 is 12.2 Å². The number of thiocarbonyl (C=S) groups is 1. The predicted molar refractivity (Wildman–Crippen MR) is 61.6 cm³/mol. The number of benzene rings is 1. The van der Waals surface area contributed by atoms with E-state index >= 15 is 0 Å². The molecule has 0 radical (unpaired) electrons. The molecule has 0 aliphatic carbocycles. The van der Waals surface area contributed by atoms with E-state index in [-0.39, 0.29) is 5.63 Å². The molecule has 3 nitrogen and oxygen atoms in total. The Bertz CT molecular complexity index is 545. The van der Waals surface area contributed by atoms with Gasteiger partial charge in [0, 0.05) is 22.9 Å². The van der Waals surface area contributed by atoms with Crippen LogP contribution in [0.3, 0.4) is 0 Å². The highest BCUT2D eigenvalue weighted by Crippen LogP contribution is 2.19. The topological polar surface area (TPSA) is 39.4 Å². The van der Waals surface area contributed by atoms with Gasteiger partial charge in [-0.25, -0.2) is 4.79 Å². The molecule has 0 aliphatic heterocycles. The van der Waals surface area contributed by atoms with Crippen LogP contribution in [0, 0.1) is 0 Å². The number of hydrogen-bond acceptors (Lipinski definition) is 4. The van der Waals surface area contributed by atoms with Crippen LogP contribution in [0.2, 0.25) is 0 Å². The molecule has 0 saturated carbocycles. The zero-order chi connectivity index (χ0) is 10.7. The fourth-order valence-corrected chi connectivity index (χ4v) is 1.33. The molecule has 0 amide bonds. The maximum absolute atomic E-state index is 11.0. The minimum atomic E-state index is -0.366. The van der Waals surface area contributed by atoms with E-state index in [1.807, 2.05) is 6.07 Å². The van der Waals surface area contributed by atoms with Crippen molar-refractivity contribution in [3.8, 4) is 5.75 Å². The molecule has 0 N–H and O–H groups in total. The van der Waals surface area contributed by atoms with Crippen molar-refractivity contribution in [2.45, 2.75) is 0 Å². The molecule has 0 unspecified atom stereocenters. The standard InChI is InChI=1S/C11H8O3S/c12-11-4-2-8-1-3-9(13-5-6-15)7-10(8)14-11/h1-4,6-7H,5H2.